The summed E-state index contributed by atoms with van der Waals surface area (Å²) in [4.78, 5) is 16.2. The second kappa shape index (κ2) is 10.2. The Morgan fingerprint density at radius 2 is 2.03 bits per heavy atom. The quantitative estimate of drug-likeness (QED) is 0.500. The average Bonchev–Trinajstić information content (AvgIpc) is 3.25. The summed E-state index contributed by atoms with van der Waals surface area (Å²) in [6, 6.07) is 10.5. The van der Waals surface area contributed by atoms with Crippen LogP contribution >= 0.6 is 0 Å². The van der Waals surface area contributed by atoms with Crippen molar-refractivity contribution in [2.24, 2.45) is 0 Å². The normalized spacial score (nSPS) is 17.6. The van der Waals surface area contributed by atoms with Crippen LogP contribution in [0.25, 0.3) is 0 Å². The molecule has 1 aliphatic carbocycles. The van der Waals surface area contributed by atoms with E-state index in [0.29, 0.717) is 18.0 Å². The Labute approximate surface area is 195 Å². The molecule has 2 heterocycles. The molecule has 0 saturated heterocycles. The van der Waals surface area contributed by atoms with Crippen LogP contribution in [0.4, 0.5) is 13.2 Å². The van der Waals surface area contributed by atoms with Crippen LogP contribution in [-0.2, 0) is 19.0 Å². The molecule has 34 heavy (non-hydrogen) atoms. The van der Waals surface area contributed by atoms with Crippen molar-refractivity contribution < 1.29 is 22.4 Å². The Balaban J connectivity index is 1.34. The van der Waals surface area contributed by atoms with Gasteiger partial charge < -0.3 is 9.73 Å². The molecule has 4 rings (SSSR count). The number of carbonyl (C=O) groups is 1. The standard InChI is InChI=1S/C25H25F3N4O2/c1-16-31-32-24(34-16)23(33)30-22-7-3-5-18(13-22)9-8-17-4-2-6-19(12-17)14-21-11-10-20(15-29-21)25(26,27)28/h2,4,6,9-12,15,22H,3,5,7-8,13-14H2,1H3,(H,30,33)/b18-9+. The molecule has 0 aliphatic heterocycles. The van der Waals surface area contributed by atoms with Crippen LogP contribution in [0.3, 0.4) is 0 Å². The van der Waals surface area contributed by atoms with E-state index in [-0.39, 0.29) is 17.8 Å². The van der Waals surface area contributed by atoms with Crippen LogP contribution in [0.1, 0.15) is 64.6 Å². The van der Waals surface area contributed by atoms with Gasteiger partial charge in [-0.05, 0) is 55.4 Å². The van der Waals surface area contributed by atoms with E-state index >= 15 is 0 Å². The van der Waals surface area contributed by atoms with E-state index in [1.54, 1.807) is 6.92 Å². The molecular weight excluding hydrogens is 445 g/mol. The number of hydrogen-bond donors (Lipinski definition) is 1. The predicted molar refractivity (Wildman–Crippen MR) is 119 cm³/mol. The Kier molecular flexibility index (Phi) is 7.09. The molecule has 1 fully saturated rings. The number of amides is 1. The monoisotopic (exact) mass is 470 g/mol. The molecule has 1 aliphatic rings. The van der Waals surface area contributed by atoms with Crippen molar-refractivity contribution >= 4 is 5.91 Å². The number of alkyl halides is 3. The van der Waals surface area contributed by atoms with Crippen molar-refractivity contribution in [1.82, 2.24) is 20.5 Å². The highest BCUT2D eigenvalue weighted by molar-refractivity contribution is 5.89. The summed E-state index contributed by atoms with van der Waals surface area (Å²) in [7, 11) is 0. The second-order valence-electron chi connectivity index (χ2n) is 8.49. The molecule has 1 atom stereocenters. The molecule has 1 unspecified atom stereocenters. The fourth-order valence-electron chi connectivity index (χ4n) is 4.07. The first-order chi connectivity index (χ1) is 16.3. The summed E-state index contributed by atoms with van der Waals surface area (Å²) in [5, 5.41) is 10.4. The fraction of sp³-hybridized carbons (Fsp3) is 0.360. The molecule has 178 valence electrons. The summed E-state index contributed by atoms with van der Waals surface area (Å²) in [6.07, 6.45) is 3.54. The number of nitrogens with zero attached hydrogens (tertiary/aromatic N) is 3. The number of aryl methyl sites for hydroxylation is 1. The molecule has 2 aromatic heterocycles. The van der Waals surface area contributed by atoms with Crippen molar-refractivity contribution in [3.05, 3.63) is 88.4 Å². The van der Waals surface area contributed by atoms with E-state index in [9.17, 15) is 18.0 Å². The van der Waals surface area contributed by atoms with Gasteiger partial charge in [0.1, 0.15) is 0 Å². The summed E-state index contributed by atoms with van der Waals surface area (Å²) in [5.41, 5.74) is 3.24. The Hall–Kier alpha value is -3.49. The smallest absolute Gasteiger partial charge is 0.417 e. The number of carbonyl (C=O) groups excluding carboxylic acids is 1. The van der Waals surface area contributed by atoms with Crippen LogP contribution in [0.15, 0.2) is 58.7 Å². The Morgan fingerprint density at radius 3 is 2.74 bits per heavy atom. The lowest BCUT2D eigenvalue weighted by Crippen LogP contribution is -2.36. The van der Waals surface area contributed by atoms with Crippen LogP contribution < -0.4 is 5.32 Å². The van der Waals surface area contributed by atoms with Crippen LogP contribution in [0.2, 0.25) is 0 Å². The van der Waals surface area contributed by atoms with Gasteiger partial charge in [0.05, 0.1) is 5.56 Å². The van der Waals surface area contributed by atoms with Crippen LogP contribution in [-0.4, -0.2) is 27.1 Å². The number of aromatic nitrogens is 3. The summed E-state index contributed by atoms with van der Waals surface area (Å²) in [5.74, 6) is -0.0184. The molecule has 0 spiro atoms. The molecule has 9 heteroatoms. The summed E-state index contributed by atoms with van der Waals surface area (Å²) < 4.78 is 43.4. The average molecular weight is 470 g/mol. The highest BCUT2D eigenvalue weighted by Crippen LogP contribution is 2.28. The van der Waals surface area contributed by atoms with E-state index in [4.69, 9.17) is 4.42 Å². The first kappa shape index (κ1) is 23.7. The largest absolute Gasteiger partial charge is 0.417 e. The maximum Gasteiger partial charge on any atom is 0.417 e. The summed E-state index contributed by atoms with van der Waals surface area (Å²) >= 11 is 0. The molecule has 1 amide bonds. The van der Waals surface area contributed by atoms with Crippen molar-refractivity contribution in [2.45, 2.75) is 57.7 Å². The van der Waals surface area contributed by atoms with Gasteiger partial charge in [0, 0.05) is 31.3 Å². The van der Waals surface area contributed by atoms with Crippen molar-refractivity contribution in [2.75, 3.05) is 0 Å². The highest BCUT2D eigenvalue weighted by atomic mass is 19.4. The number of allylic oxidation sites excluding steroid dienone is 1. The van der Waals surface area contributed by atoms with Gasteiger partial charge in [-0.3, -0.25) is 9.78 Å². The van der Waals surface area contributed by atoms with E-state index in [1.165, 1.54) is 11.6 Å². The van der Waals surface area contributed by atoms with Crippen molar-refractivity contribution in [3.8, 4) is 0 Å². The topological polar surface area (TPSA) is 80.9 Å². The maximum absolute atomic E-state index is 12.7. The third-order valence-corrected chi connectivity index (χ3v) is 5.77. The van der Waals surface area contributed by atoms with Gasteiger partial charge in [-0.15, -0.1) is 10.2 Å². The van der Waals surface area contributed by atoms with E-state index < -0.39 is 11.7 Å². The number of pyridine rings is 1. The molecule has 0 radical (unpaired) electrons. The van der Waals surface area contributed by atoms with Crippen LogP contribution in [0.5, 0.6) is 0 Å². The van der Waals surface area contributed by atoms with Gasteiger partial charge in [-0.25, -0.2) is 0 Å². The highest BCUT2D eigenvalue weighted by Gasteiger charge is 2.30. The van der Waals surface area contributed by atoms with Gasteiger partial charge in [-0.2, -0.15) is 13.2 Å². The maximum atomic E-state index is 12.7. The van der Waals surface area contributed by atoms with Gasteiger partial charge in [0.2, 0.25) is 5.89 Å². The van der Waals surface area contributed by atoms with Gasteiger partial charge in [-0.1, -0.05) is 35.9 Å². The van der Waals surface area contributed by atoms with E-state index in [0.717, 1.165) is 55.5 Å². The van der Waals surface area contributed by atoms with E-state index in [2.05, 4.69) is 32.6 Å². The zero-order chi connectivity index (χ0) is 24.1. The fourth-order valence-corrected chi connectivity index (χ4v) is 4.07. The number of hydrogen-bond acceptors (Lipinski definition) is 5. The van der Waals surface area contributed by atoms with Crippen molar-refractivity contribution in [3.63, 3.8) is 0 Å². The first-order valence-corrected chi connectivity index (χ1v) is 11.1. The summed E-state index contributed by atoms with van der Waals surface area (Å²) in [6.45, 7) is 1.64. The van der Waals surface area contributed by atoms with Crippen LogP contribution in [0, 0.1) is 6.92 Å². The zero-order valence-electron chi connectivity index (χ0n) is 18.7. The minimum Gasteiger partial charge on any atom is -0.417 e. The van der Waals surface area contributed by atoms with E-state index in [1.807, 2.05) is 18.2 Å². The molecule has 3 aromatic rings. The first-order valence-electron chi connectivity index (χ1n) is 11.1. The molecule has 6 nitrogen and oxygen atoms in total. The SMILES string of the molecule is Cc1nnc(C(=O)NC2CCC/C(=C\Cc3cccc(Cc4ccc(C(F)(F)F)cn4)c3)C2)o1. The lowest BCUT2D eigenvalue weighted by atomic mass is 9.89. The lowest BCUT2D eigenvalue weighted by molar-refractivity contribution is -0.137. The third kappa shape index (κ3) is 6.30. The molecular formula is C25H25F3N4O2. The third-order valence-electron chi connectivity index (χ3n) is 5.77. The number of halogens is 3. The van der Waals surface area contributed by atoms with Gasteiger partial charge in [0.25, 0.3) is 0 Å². The molecule has 0 bridgehead atoms. The zero-order valence-corrected chi connectivity index (χ0v) is 18.7. The molecule has 1 saturated carbocycles. The Bertz CT molecular complexity index is 1170. The number of nitrogens with one attached hydrogen (secondary N) is 1. The minimum absolute atomic E-state index is 0.0204. The predicted octanol–water partition coefficient (Wildman–Crippen LogP) is 5.22. The Morgan fingerprint density at radius 1 is 1.21 bits per heavy atom. The minimum atomic E-state index is -4.38. The van der Waals surface area contributed by atoms with Gasteiger partial charge >= 0.3 is 18.0 Å². The molecule has 1 aromatic carbocycles. The van der Waals surface area contributed by atoms with Gasteiger partial charge in [0.15, 0.2) is 0 Å². The molecule has 1 N–H and O–H groups in total. The number of benzene rings is 1. The second-order valence-corrected chi connectivity index (χ2v) is 8.49. The number of rotatable bonds is 6. The van der Waals surface area contributed by atoms with Crippen molar-refractivity contribution in [1.29, 1.82) is 0 Å². The lowest BCUT2D eigenvalue weighted by Gasteiger charge is -2.24.